The number of amides is 2. The number of nitrogens with zero attached hydrogens (tertiary/aromatic N) is 5. The first kappa shape index (κ1) is 21.5. The number of para-hydroxylation sites is 1. The molecule has 2 aromatic heterocycles. The van der Waals surface area contributed by atoms with E-state index in [9.17, 15) is 9.59 Å². The van der Waals surface area contributed by atoms with E-state index < -0.39 is 0 Å². The fourth-order valence-electron chi connectivity index (χ4n) is 3.96. The third kappa shape index (κ3) is 4.32. The maximum Gasteiger partial charge on any atom is 0.257 e. The number of carbonyl (C=O) groups is 2. The Kier molecular flexibility index (Phi) is 6.16. The minimum Gasteiger partial charge on any atom is -0.496 e. The molecule has 166 valence electrons. The molecule has 9 nitrogen and oxygen atoms in total. The van der Waals surface area contributed by atoms with E-state index in [-0.39, 0.29) is 17.9 Å². The van der Waals surface area contributed by atoms with Gasteiger partial charge in [-0.2, -0.15) is 5.10 Å². The number of rotatable bonds is 6. The van der Waals surface area contributed by atoms with E-state index in [4.69, 9.17) is 4.74 Å². The summed E-state index contributed by atoms with van der Waals surface area (Å²) in [6.07, 6.45) is 6.48. The van der Waals surface area contributed by atoms with E-state index in [0.29, 0.717) is 35.7 Å². The van der Waals surface area contributed by atoms with E-state index in [1.54, 1.807) is 49.3 Å². The minimum absolute atomic E-state index is 0.0829. The molecule has 1 fully saturated rings. The first-order valence-electron chi connectivity index (χ1n) is 10.5. The Morgan fingerprint density at radius 2 is 2.06 bits per heavy atom. The largest absolute Gasteiger partial charge is 0.496 e. The highest BCUT2D eigenvalue weighted by molar-refractivity contribution is 5.95. The predicted octanol–water partition coefficient (Wildman–Crippen LogP) is 2.43. The number of likely N-dealkylation sites (tertiary alicyclic amines) is 1. The first-order chi connectivity index (χ1) is 15.5. The summed E-state index contributed by atoms with van der Waals surface area (Å²) in [5.74, 6) is 0.935. The van der Waals surface area contributed by atoms with Gasteiger partial charge < -0.3 is 15.0 Å². The lowest BCUT2D eigenvalue weighted by atomic mass is 10.1. The van der Waals surface area contributed by atoms with Crippen molar-refractivity contribution in [1.29, 1.82) is 0 Å². The van der Waals surface area contributed by atoms with Crippen LogP contribution in [0.1, 0.15) is 56.7 Å². The lowest BCUT2D eigenvalue weighted by Crippen LogP contribution is -2.32. The number of aromatic nitrogens is 4. The predicted molar refractivity (Wildman–Crippen MR) is 117 cm³/mol. The summed E-state index contributed by atoms with van der Waals surface area (Å²) in [7, 11) is 3.38. The summed E-state index contributed by atoms with van der Waals surface area (Å²) in [6.45, 7) is 2.76. The number of aryl methyl sites for hydroxylation is 2. The average Bonchev–Trinajstić information content (AvgIpc) is 3.46. The Morgan fingerprint density at radius 1 is 1.25 bits per heavy atom. The zero-order valence-corrected chi connectivity index (χ0v) is 18.4. The van der Waals surface area contributed by atoms with Crippen LogP contribution < -0.4 is 10.1 Å². The van der Waals surface area contributed by atoms with Gasteiger partial charge in [0.2, 0.25) is 0 Å². The van der Waals surface area contributed by atoms with Crippen molar-refractivity contribution in [1.82, 2.24) is 30.0 Å². The molecule has 2 amide bonds. The molecule has 3 aromatic rings. The molecule has 1 aliphatic heterocycles. The molecule has 1 aliphatic rings. The quantitative estimate of drug-likeness (QED) is 0.639. The van der Waals surface area contributed by atoms with Crippen molar-refractivity contribution in [3.05, 3.63) is 71.1 Å². The van der Waals surface area contributed by atoms with Crippen molar-refractivity contribution in [2.24, 2.45) is 7.05 Å². The van der Waals surface area contributed by atoms with Crippen molar-refractivity contribution >= 4 is 11.8 Å². The van der Waals surface area contributed by atoms with Crippen LogP contribution in [-0.2, 0) is 13.6 Å². The monoisotopic (exact) mass is 434 g/mol. The highest BCUT2D eigenvalue weighted by atomic mass is 16.5. The maximum atomic E-state index is 12.9. The van der Waals surface area contributed by atoms with Gasteiger partial charge in [-0.3, -0.25) is 14.3 Å². The molecule has 0 saturated carbocycles. The Balaban J connectivity index is 1.47. The van der Waals surface area contributed by atoms with Crippen LogP contribution in [0, 0.1) is 6.92 Å². The standard InChI is InChI=1S/C23H26N6O3/c1-15-18(22(30)25-11-16-7-4-5-9-20(16)32-3)13-24-21(27-15)19-8-6-10-29(19)23(31)17-12-26-28(2)14-17/h4-5,7,9,12-14,19H,6,8,10-11H2,1-3H3,(H,25,30). The highest BCUT2D eigenvalue weighted by Crippen LogP contribution is 2.31. The lowest BCUT2D eigenvalue weighted by molar-refractivity contribution is 0.0729. The van der Waals surface area contributed by atoms with Gasteiger partial charge in [-0.25, -0.2) is 9.97 Å². The molecular formula is C23H26N6O3. The molecule has 1 unspecified atom stereocenters. The number of benzene rings is 1. The van der Waals surface area contributed by atoms with Crippen LogP contribution >= 0.6 is 0 Å². The van der Waals surface area contributed by atoms with Gasteiger partial charge in [0.1, 0.15) is 5.75 Å². The molecule has 0 radical (unpaired) electrons. The second-order valence-corrected chi connectivity index (χ2v) is 7.78. The topological polar surface area (TPSA) is 102 Å². The highest BCUT2D eigenvalue weighted by Gasteiger charge is 2.33. The number of hydrogen-bond acceptors (Lipinski definition) is 6. The van der Waals surface area contributed by atoms with Gasteiger partial charge in [0.25, 0.3) is 11.8 Å². The van der Waals surface area contributed by atoms with Crippen molar-refractivity contribution in [3.63, 3.8) is 0 Å². The molecular weight excluding hydrogens is 408 g/mol. The van der Waals surface area contributed by atoms with Gasteiger partial charge >= 0.3 is 0 Å². The lowest BCUT2D eigenvalue weighted by Gasteiger charge is -2.23. The zero-order chi connectivity index (χ0) is 22.7. The summed E-state index contributed by atoms with van der Waals surface area (Å²) >= 11 is 0. The van der Waals surface area contributed by atoms with Crippen LogP contribution in [0.4, 0.5) is 0 Å². The molecule has 3 heterocycles. The summed E-state index contributed by atoms with van der Waals surface area (Å²) in [5.41, 5.74) is 2.41. The first-order valence-corrected chi connectivity index (χ1v) is 10.5. The van der Waals surface area contributed by atoms with Gasteiger partial charge in [-0.05, 0) is 25.8 Å². The second kappa shape index (κ2) is 9.17. The summed E-state index contributed by atoms with van der Waals surface area (Å²) in [6, 6.07) is 7.32. The Labute approximate surface area is 186 Å². The summed E-state index contributed by atoms with van der Waals surface area (Å²) in [4.78, 5) is 36.5. The molecule has 4 rings (SSSR count). The Hall–Kier alpha value is -3.75. The summed E-state index contributed by atoms with van der Waals surface area (Å²) in [5, 5.41) is 6.99. The number of hydrogen-bond donors (Lipinski definition) is 1. The fourth-order valence-corrected chi connectivity index (χ4v) is 3.96. The number of methoxy groups -OCH3 is 1. The van der Waals surface area contributed by atoms with Gasteiger partial charge in [0.05, 0.1) is 36.2 Å². The third-order valence-electron chi connectivity index (χ3n) is 5.64. The van der Waals surface area contributed by atoms with Gasteiger partial charge in [0, 0.05) is 38.1 Å². The van der Waals surface area contributed by atoms with Crippen molar-refractivity contribution in [2.45, 2.75) is 32.4 Å². The molecule has 1 N–H and O–H groups in total. The normalized spacial score (nSPS) is 15.6. The van der Waals surface area contributed by atoms with Crippen LogP contribution in [0.2, 0.25) is 0 Å². The van der Waals surface area contributed by atoms with Crippen LogP contribution in [0.25, 0.3) is 0 Å². The van der Waals surface area contributed by atoms with Crippen LogP contribution in [-0.4, -0.2) is 50.1 Å². The molecule has 32 heavy (non-hydrogen) atoms. The molecule has 1 atom stereocenters. The van der Waals surface area contributed by atoms with E-state index in [2.05, 4.69) is 20.4 Å². The van der Waals surface area contributed by atoms with E-state index in [0.717, 1.165) is 24.2 Å². The molecule has 1 saturated heterocycles. The van der Waals surface area contributed by atoms with Crippen molar-refractivity contribution in [3.8, 4) is 5.75 Å². The second-order valence-electron chi connectivity index (χ2n) is 7.78. The van der Waals surface area contributed by atoms with Crippen LogP contribution in [0.5, 0.6) is 5.75 Å². The van der Waals surface area contributed by atoms with Gasteiger partial charge in [-0.15, -0.1) is 0 Å². The smallest absolute Gasteiger partial charge is 0.257 e. The van der Waals surface area contributed by atoms with E-state index in [1.165, 1.54) is 0 Å². The van der Waals surface area contributed by atoms with E-state index >= 15 is 0 Å². The van der Waals surface area contributed by atoms with Crippen LogP contribution in [0.3, 0.4) is 0 Å². The van der Waals surface area contributed by atoms with Gasteiger partial charge in [-0.1, -0.05) is 18.2 Å². The molecule has 1 aromatic carbocycles. The molecule has 0 bridgehead atoms. The maximum absolute atomic E-state index is 12.9. The Morgan fingerprint density at radius 3 is 2.78 bits per heavy atom. The molecule has 9 heteroatoms. The number of carbonyl (C=O) groups excluding carboxylic acids is 2. The summed E-state index contributed by atoms with van der Waals surface area (Å²) < 4.78 is 6.94. The molecule has 0 spiro atoms. The number of nitrogens with one attached hydrogen (secondary N) is 1. The third-order valence-corrected chi connectivity index (χ3v) is 5.64. The number of ether oxygens (including phenoxy) is 1. The Bertz CT molecular complexity index is 1140. The van der Waals surface area contributed by atoms with Crippen molar-refractivity contribution in [2.75, 3.05) is 13.7 Å². The van der Waals surface area contributed by atoms with E-state index in [1.807, 2.05) is 24.3 Å². The fraction of sp³-hybridized carbons (Fsp3) is 0.348. The van der Waals surface area contributed by atoms with Crippen molar-refractivity contribution < 1.29 is 14.3 Å². The minimum atomic E-state index is -0.255. The average molecular weight is 435 g/mol. The van der Waals surface area contributed by atoms with Crippen LogP contribution in [0.15, 0.2) is 42.9 Å². The molecule has 0 aliphatic carbocycles. The van der Waals surface area contributed by atoms with Gasteiger partial charge in [0.15, 0.2) is 5.82 Å². The zero-order valence-electron chi connectivity index (χ0n) is 18.4. The SMILES string of the molecule is COc1ccccc1CNC(=O)c1cnc(C2CCCN2C(=O)c2cnn(C)c2)nc1C.